The summed E-state index contributed by atoms with van der Waals surface area (Å²) < 4.78 is 69.3. The van der Waals surface area contributed by atoms with Crippen molar-refractivity contribution in [3.8, 4) is 11.1 Å². The predicted molar refractivity (Wildman–Crippen MR) is 273 cm³/mol. The molecule has 4 aromatic rings. The molecule has 4 N–H and O–H groups in total. The highest BCUT2D eigenvalue weighted by atomic mass is 19.4. The van der Waals surface area contributed by atoms with Gasteiger partial charge in [0.2, 0.25) is 29.2 Å². The fourth-order valence-electron chi connectivity index (χ4n) is 9.96. The van der Waals surface area contributed by atoms with E-state index in [4.69, 9.17) is 9.47 Å². The number of piperidine rings is 1. The smallest absolute Gasteiger partial charge is 0.379 e. The van der Waals surface area contributed by atoms with Crippen molar-refractivity contribution in [2.75, 3.05) is 94.4 Å². The number of aryl methyl sites for hydroxylation is 1. The Morgan fingerprint density at radius 3 is 2.26 bits per heavy atom. The van der Waals surface area contributed by atoms with Crippen LogP contribution in [0.1, 0.15) is 88.2 Å². The number of H-pyrrole nitrogens is 1. The number of alkyl halides is 3. The summed E-state index contributed by atoms with van der Waals surface area (Å²) in [4.78, 5) is 117. The van der Waals surface area contributed by atoms with E-state index in [1.165, 1.54) is 18.3 Å². The summed E-state index contributed by atoms with van der Waals surface area (Å²) in [6.07, 6.45) is -1.73. The summed E-state index contributed by atoms with van der Waals surface area (Å²) in [5, 5.41) is 7.51. The maximum absolute atomic E-state index is 16.2. The normalized spacial score (nSPS) is 19.1. The molecule has 2 aromatic heterocycles. The molecule has 4 aliphatic heterocycles. The summed E-state index contributed by atoms with van der Waals surface area (Å²) >= 11 is 0. The second kappa shape index (κ2) is 24.2. The molecule has 7 amide bonds. The van der Waals surface area contributed by atoms with Crippen molar-refractivity contribution >= 4 is 58.5 Å². The largest absolute Gasteiger partial charge is 0.417 e. The third kappa shape index (κ3) is 13.0. The summed E-state index contributed by atoms with van der Waals surface area (Å²) in [5.41, 5.74) is -1.38. The zero-order valence-corrected chi connectivity index (χ0v) is 42.8. The van der Waals surface area contributed by atoms with Crippen LogP contribution in [0.25, 0.3) is 11.1 Å². The number of nitrogens with one attached hydrogen (secondary N) is 4. The molecule has 0 bridgehead atoms. The molecule has 1 unspecified atom stereocenters. The van der Waals surface area contributed by atoms with Crippen LogP contribution in [0.5, 0.6) is 0 Å². The number of aromatic nitrogens is 2. The van der Waals surface area contributed by atoms with E-state index in [0.717, 1.165) is 4.90 Å². The highest BCUT2D eigenvalue weighted by molar-refractivity contribution is 6.24. The Kier molecular flexibility index (Phi) is 17.5. The standard InChI is InChI=1S/C53H60F4N10O10/c1-31-29-66(30-32(2)63(31)3)42-26-39(54)36(24-40(42)61-49(72)37-28-60-46(70)25-38(37)53(55,56)57)34-9-11-43(59-27-34)64-16-18-65(19-17-64)47(71)14-13-44(68)58-15-21-77-23-22-76-20-5-7-33-6-4-8-35-48(33)52(75)67(51(35)74)41-10-12-45(69)62-50(41)73/h4,6,8-9,11,24-28,31-32,41H,5,7,10,12-23,29-30H2,1-3H3,(H,58,68)(H,60,70)(H,61,72)(H,62,69,73)/t31-,32+,41?. The Morgan fingerprint density at radius 2 is 1.57 bits per heavy atom. The number of carbonyl (C=O) groups is 7. The number of amides is 7. The van der Waals surface area contributed by atoms with Gasteiger partial charge in [-0.15, -0.1) is 0 Å². The molecular formula is C53H60F4N10O10. The third-order valence-corrected chi connectivity index (χ3v) is 14.3. The molecule has 8 rings (SSSR count). The molecule has 2 aromatic carbocycles. The lowest BCUT2D eigenvalue weighted by Crippen LogP contribution is -2.55. The number of carbonyl (C=O) groups excluding carboxylic acids is 7. The molecule has 20 nitrogen and oxygen atoms in total. The average molecular weight is 1070 g/mol. The first-order valence-corrected chi connectivity index (χ1v) is 25.5. The first-order chi connectivity index (χ1) is 36.8. The number of nitrogens with zero attached hydrogens (tertiary/aromatic N) is 6. The van der Waals surface area contributed by atoms with Gasteiger partial charge < -0.3 is 39.8 Å². The Hall–Kier alpha value is -7.57. The van der Waals surface area contributed by atoms with E-state index in [0.29, 0.717) is 87.9 Å². The van der Waals surface area contributed by atoms with Crippen molar-refractivity contribution in [2.45, 2.75) is 76.7 Å². The molecule has 0 saturated carbocycles. The van der Waals surface area contributed by atoms with E-state index >= 15 is 4.39 Å². The van der Waals surface area contributed by atoms with Crippen molar-refractivity contribution in [1.82, 2.24) is 35.3 Å². The minimum atomic E-state index is -5.00. The minimum absolute atomic E-state index is 0.00976. The van der Waals surface area contributed by atoms with Gasteiger partial charge >= 0.3 is 6.18 Å². The molecule has 4 aliphatic rings. The monoisotopic (exact) mass is 1070 g/mol. The summed E-state index contributed by atoms with van der Waals surface area (Å²) in [7, 11) is 1.96. The van der Waals surface area contributed by atoms with Crippen molar-refractivity contribution < 1.29 is 60.6 Å². The number of piperazine rings is 2. The number of hydrogen-bond acceptors (Lipinski definition) is 14. The first-order valence-electron chi connectivity index (χ1n) is 25.5. The number of fused-ring (bicyclic) bond motifs is 1. The van der Waals surface area contributed by atoms with E-state index in [9.17, 15) is 51.5 Å². The van der Waals surface area contributed by atoms with Crippen molar-refractivity contribution in [3.63, 3.8) is 0 Å². The minimum Gasteiger partial charge on any atom is -0.379 e. The van der Waals surface area contributed by atoms with Crippen LogP contribution < -0.4 is 31.3 Å². The lowest BCUT2D eigenvalue weighted by Gasteiger charge is -2.44. The second-order valence-electron chi connectivity index (χ2n) is 19.4. The highest BCUT2D eigenvalue weighted by Gasteiger charge is 2.45. The topological polar surface area (TPSA) is 236 Å². The SMILES string of the molecule is C[C@@H]1CN(c2cc(F)c(-c3ccc(N4CCN(C(=O)CCC(=O)NCCOCCOCCCc5cccc6c5C(=O)N(C5CCC(=O)NC5=O)C6=O)CC4)nc3)cc2NC(=O)c2c[nH]c(=O)cc2C(F)(F)F)C[C@H](C)N1C. The van der Waals surface area contributed by atoms with Gasteiger partial charge in [-0.05, 0) is 76.1 Å². The van der Waals surface area contributed by atoms with Crippen LogP contribution in [0.15, 0.2) is 65.7 Å². The van der Waals surface area contributed by atoms with Crippen LogP contribution in [-0.2, 0) is 41.2 Å². The number of ether oxygens (including phenoxy) is 2. The van der Waals surface area contributed by atoms with Gasteiger partial charge in [0.15, 0.2) is 0 Å². The molecule has 3 fully saturated rings. The number of pyridine rings is 2. The molecule has 24 heteroatoms. The average Bonchev–Trinajstić information content (AvgIpc) is 3.70. The number of likely N-dealkylation sites (N-methyl/N-ethyl adjacent to an activating group) is 1. The van der Waals surface area contributed by atoms with Crippen molar-refractivity contribution in [3.05, 3.63) is 105 Å². The number of halogens is 4. The van der Waals surface area contributed by atoms with E-state index in [2.05, 4.69) is 30.8 Å². The van der Waals surface area contributed by atoms with Gasteiger partial charge in [0.05, 0.1) is 53.4 Å². The number of imide groups is 2. The van der Waals surface area contributed by atoms with Crippen molar-refractivity contribution in [2.24, 2.45) is 0 Å². The quantitative estimate of drug-likeness (QED) is 0.0591. The van der Waals surface area contributed by atoms with E-state index < -0.39 is 64.3 Å². The number of benzene rings is 2. The number of aromatic amines is 1. The maximum Gasteiger partial charge on any atom is 0.417 e. The van der Waals surface area contributed by atoms with Crippen molar-refractivity contribution in [1.29, 1.82) is 0 Å². The number of anilines is 3. The Bertz CT molecular complexity index is 2950. The molecule has 0 radical (unpaired) electrons. The molecule has 3 saturated heterocycles. The number of hydrogen-bond donors (Lipinski definition) is 4. The fraction of sp³-hybridized carbons (Fsp3) is 0.453. The zero-order valence-electron chi connectivity index (χ0n) is 42.8. The first kappa shape index (κ1) is 55.7. The van der Waals surface area contributed by atoms with Gasteiger partial charge in [-0.3, -0.25) is 53.5 Å². The molecule has 3 atom stereocenters. The molecule has 0 spiro atoms. The fourth-order valence-corrected chi connectivity index (χ4v) is 9.96. The van der Waals surface area contributed by atoms with Gasteiger partial charge in [0.1, 0.15) is 17.7 Å². The second-order valence-corrected chi connectivity index (χ2v) is 19.4. The van der Waals surface area contributed by atoms with Gasteiger partial charge in [0, 0.05) is 113 Å². The highest BCUT2D eigenvalue weighted by Crippen LogP contribution is 2.38. The number of rotatable bonds is 19. The summed E-state index contributed by atoms with van der Waals surface area (Å²) in [6, 6.07) is 10.3. The van der Waals surface area contributed by atoms with Crippen LogP contribution in [0, 0.1) is 5.82 Å². The van der Waals surface area contributed by atoms with E-state index in [1.807, 2.05) is 30.7 Å². The molecule has 0 aliphatic carbocycles. The zero-order chi connectivity index (χ0) is 55.1. The molecule has 77 heavy (non-hydrogen) atoms. The molecule has 410 valence electrons. The predicted octanol–water partition coefficient (Wildman–Crippen LogP) is 3.99. The van der Waals surface area contributed by atoms with E-state index in [1.54, 1.807) is 35.2 Å². The maximum atomic E-state index is 16.2. The molecular weight excluding hydrogens is 1010 g/mol. The van der Waals surface area contributed by atoms with Crippen LogP contribution in [0.2, 0.25) is 0 Å². The van der Waals surface area contributed by atoms with Gasteiger partial charge in [-0.1, -0.05) is 12.1 Å². The molecule has 6 heterocycles. The Morgan fingerprint density at radius 1 is 0.844 bits per heavy atom. The third-order valence-electron chi connectivity index (χ3n) is 14.3. The summed E-state index contributed by atoms with van der Waals surface area (Å²) in [6.45, 7) is 7.81. The van der Waals surface area contributed by atoms with Crippen LogP contribution in [-0.4, -0.2) is 163 Å². The van der Waals surface area contributed by atoms with Gasteiger partial charge in [-0.25, -0.2) is 9.37 Å². The lowest BCUT2D eigenvalue weighted by atomic mass is 9.99. The van der Waals surface area contributed by atoms with Crippen LogP contribution >= 0.6 is 0 Å². The summed E-state index contributed by atoms with van der Waals surface area (Å²) in [5.74, 6) is -3.93. The Balaban J connectivity index is 0.747. The van der Waals surface area contributed by atoms with Crippen LogP contribution in [0.3, 0.4) is 0 Å². The van der Waals surface area contributed by atoms with Crippen LogP contribution in [0.4, 0.5) is 34.8 Å². The van der Waals surface area contributed by atoms with Gasteiger partial charge in [-0.2, -0.15) is 13.2 Å². The van der Waals surface area contributed by atoms with Gasteiger partial charge in [0.25, 0.3) is 17.7 Å². The lowest BCUT2D eigenvalue weighted by molar-refractivity contribution is -0.138. The van der Waals surface area contributed by atoms with E-state index in [-0.39, 0.29) is 104 Å². The Labute approximate surface area is 440 Å².